The number of pyridine rings is 3. The van der Waals surface area contributed by atoms with Crippen LogP contribution in [0, 0.1) is 0 Å². The molecule has 0 spiro atoms. The van der Waals surface area contributed by atoms with Crippen LogP contribution in [0.5, 0.6) is 5.88 Å². The molecule has 206 valence electrons. The fourth-order valence-corrected chi connectivity index (χ4v) is 4.62. The van der Waals surface area contributed by atoms with E-state index in [1.807, 2.05) is 0 Å². The quantitative estimate of drug-likeness (QED) is 0.257. The van der Waals surface area contributed by atoms with E-state index in [0.29, 0.717) is 28.0 Å². The topological polar surface area (TPSA) is 124 Å². The van der Waals surface area contributed by atoms with Gasteiger partial charge in [-0.15, -0.1) is 0 Å². The summed E-state index contributed by atoms with van der Waals surface area (Å²) in [7, 11) is -4.20. The summed E-state index contributed by atoms with van der Waals surface area (Å²) in [6, 6.07) is 12.0. The zero-order valence-corrected chi connectivity index (χ0v) is 21.1. The third-order valence-electron chi connectivity index (χ3n) is 5.71. The Kier molecular flexibility index (Phi) is 7.10. The van der Waals surface area contributed by atoms with Gasteiger partial charge < -0.3 is 14.5 Å². The maximum atomic E-state index is 13.0. The minimum absolute atomic E-state index is 0.00123. The van der Waals surface area contributed by atoms with E-state index in [1.54, 1.807) is 30.5 Å². The minimum atomic E-state index is -4.50. The molecule has 4 heterocycles. The van der Waals surface area contributed by atoms with Gasteiger partial charge in [0, 0.05) is 28.6 Å². The van der Waals surface area contributed by atoms with Crippen molar-refractivity contribution in [1.82, 2.24) is 20.3 Å². The van der Waals surface area contributed by atoms with Gasteiger partial charge in [-0.1, -0.05) is 6.07 Å². The van der Waals surface area contributed by atoms with Crippen LogP contribution in [-0.4, -0.2) is 48.1 Å². The lowest BCUT2D eigenvalue weighted by atomic mass is 10.1. The van der Waals surface area contributed by atoms with Crippen molar-refractivity contribution in [2.75, 3.05) is 12.6 Å². The fourth-order valence-electron chi connectivity index (χ4n) is 3.81. The van der Waals surface area contributed by atoms with Gasteiger partial charge in [-0.2, -0.15) is 13.2 Å². The molecule has 0 aliphatic carbocycles. The highest BCUT2D eigenvalue weighted by Gasteiger charge is 2.28. The fraction of sp³-hybridized carbons (Fsp3) is 0.154. The van der Waals surface area contributed by atoms with Gasteiger partial charge in [-0.05, 0) is 42.5 Å². The average Bonchev–Trinajstić information content (AvgIpc) is 3.38. The van der Waals surface area contributed by atoms with Crippen LogP contribution in [0.15, 0.2) is 76.4 Å². The zero-order chi connectivity index (χ0) is 28.5. The summed E-state index contributed by atoms with van der Waals surface area (Å²) in [4.78, 5) is 25.3. The normalized spacial score (nSPS) is 12.1. The summed E-state index contributed by atoms with van der Waals surface area (Å²) >= 11 is 0. The molecule has 0 aliphatic rings. The molecule has 0 aliphatic heterocycles. The molecule has 40 heavy (non-hydrogen) atoms. The van der Waals surface area contributed by atoms with Crippen LogP contribution < -0.4 is 10.1 Å². The highest BCUT2D eigenvalue weighted by molar-refractivity contribution is 7.91. The van der Waals surface area contributed by atoms with Crippen molar-refractivity contribution in [3.63, 3.8) is 0 Å². The molecular weight excluding hydrogens is 556 g/mol. The van der Waals surface area contributed by atoms with Crippen LogP contribution in [0.25, 0.3) is 33.3 Å². The smallest absolute Gasteiger partial charge is 0.422 e. The molecule has 5 rings (SSSR count). The second kappa shape index (κ2) is 10.5. The lowest BCUT2D eigenvalue weighted by Gasteiger charge is -2.10. The van der Waals surface area contributed by atoms with E-state index in [4.69, 9.17) is 9.15 Å². The number of fused-ring (bicyclic) bond motifs is 2. The number of furan rings is 1. The van der Waals surface area contributed by atoms with E-state index < -0.39 is 34.5 Å². The maximum Gasteiger partial charge on any atom is 0.422 e. The van der Waals surface area contributed by atoms with Crippen LogP contribution >= 0.6 is 0 Å². The maximum absolute atomic E-state index is 13.0. The first kappa shape index (κ1) is 27.0. The van der Waals surface area contributed by atoms with Gasteiger partial charge in [-0.25, -0.2) is 22.8 Å². The monoisotopic (exact) mass is 574 g/mol. The first-order valence-electron chi connectivity index (χ1n) is 11.5. The van der Waals surface area contributed by atoms with Crippen LogP contribution in [0.2, 0.25) is 0 Å². The zero-order valence-electron chi connectivity index (χ0n) is 20.3. The molecule has 9 nitrogen and oxygen atoms in total. The third-order valence-corrected chi connectivity index (χ3v) is 6.98. The molecule has 5 aromatic rings. The summed E-state index contributed by atoms with van der Waals surface area (Å²) in [5.74, 6) is -0.729. The molecule has 1 aromatic carbocycles. The number of halogens is 4. The van der Waals surface area contributed by atoms with E-state index in [0.717, 1.165) is 6.26 Å². The summed E-state index contributed by atoms with van der Waals surface area (Å²) in [5, 5.41) is 3.45. The van der Waals surface area contributed by atoms with Crippen molar-refractivity contribution in [3.05, 3.63) is 78.3 Å². The second-order valence-electron chi connectivity index (χ2n) is 8.55. The third kappa shape index (κ3) is 5.86. The van der Waals surface area contributed by atoms with Crippen molar-refractivity contribution in [1.29, 1.82) is 0 Å². The number of hydrogen-bond acceptors (Lipinski definition) is 8. The van der Waals surface area contributed by atoms with Gasteiger partial charge >= 0.3 is 6.18 Å². The number of nitrogens with one attached hydrogen (secondary N) is 1. The van der Waals surface area contributed by atoms with Crippen molar-refractivity contribution in [2.24, 2.45) is 0 Å². The van der Waals surface area contributed by atoms with Crippen LogP contribution in [0.3, 0.4) is 0 Å². The van der Waals surface area contributed by atoms with Gasteiger partial charge in [0.2, 0.25) is 15.7 Å². The molecule has 0 saturated heterocycles. The Hall–Kier alpha value is -4.59. The number of alkyl halides is 4. The summed E-state index contributed by atoms with van der Waals surface area (Å²) < 4.78 is 84.2. The van der Waals surface area contributed by atoms with Gasteiger partial charge in [0.05, 0.1) is 29.1 Å². The first-order valence-corrected chi connectivity index (χ1v) is 13.2. The molecule has 0 fully saturated rings. The molecule has 1 amide bonds. The number of benzene rings is 1. The molecular formula is C26H18F4N4O5S. The number of carbonyl (C=O) groups excluding carboxylic acids is 1. The summed E-state index contributed by atoms with van der Waals surface area (Å²) in [6.07, 6.45) is -2.01. The molecule has 0 atom stereocenters. The number of rotatable bonds is 8. The molecule has 1 N–H and O–H groups in total. The number of aromatic nitrogens is 3. The van der Waals surface area contributed by atoms with Crippen LogP contribution in [0.1, 0.15) is 16.1 Å². The van der Waals surface area contributed by atoms with E-state index in [2.05, 4.69) is 20.3 Å². The predicted octanol–water partition coefficient (Wildman–Crippen LogP) is 5.01. The van der Waals surface area contributed by atoms with Crippen molar-refractivity contribution >= 4 is 37.6 Å². The van der Waals surface area contributed by atoms with E-state index in [-0.39, 0.29) is 33.9 Å². The van der Waals surface area contributed by atoms with Gasteiger partial charge in [0.1, 0.15) is 16.7 Å². The van der Waals surface area contributed by atoms with Gasteiger partial charge in [0.15, 0.2) is 12.6 Å². The van der Waals surface area contributed by atoms with E-state index in [9.17, 15) is 30.8 Å². The standard InChI is InChI=1S/C26H18F4N4O5S/c27-14-40(36,37)23-12-38-22-7-5-15(8-18(22)23)25(35)32-11-17-9-21-16(10-31-17)4-6-20(33-21)19-2-1-3-24(34-19)39-13-26(28,29)30/h1-10,12H,11,13-14H2,(H,32,35). The SMILES string of the molecule is O=C(NCc1cc2nc(-c3cccc(OCC(F)(F)F)n3)ccc2cn1)c1ccc2occ(S(=O)(=O)CF)c2c1. The first-order chi connectivity index (χ1) is 19.0. The highest BCUT2D eigenvalue weighted by Crippen LogP contribution is 2.28. The van der Waals surface area contributed by atoms with Gasteiger partial charge in [0.25, 0.3) is 5.91 Å². The molecule has 14 heteroatoms. The molecule has 0 radical (unpaired) electrons. The number of hydrogen-bond donors (Lipinski definition) is 1. The Morgan fingerprint density at radius 3 is 2.60 bits per heavy atom. The Labute approximate surface area is 223 Å². The number of amides is 1. The van der Waals surface area contributed by atoms with Crippen LogP contribution in [0.4, 0.5) is 17.6 Å². The Morgan fingerprint density at radius 2 is 1.82 bits per heavy atom. The second-order valence-corrected chi connectivity index (χ2v) is 10.4. The summed E-state index contributed by atoms with van der Waals surface area (Å²) in [5.41, 5.74) is 1.96. The minimum Gasteiger partial charge on any atom is -0.468 e. The van der Waals surface area contributed by atoms with Crippen molar-refractivity contribution < 1.29 is 39.9 Å². The van der Waals surface area contributed by atoms with Crippen molar-refractivity contribution in [2.45, 2.75) is 17.6 Å². The average molecular weight is 575 g/mol. The lowest BCUT2D eigenvalue weighted by molar-refractivity contribution is -0.154. The number of nitrogens with zero attached hydrogens (tertiary/aromatic N) is 3. The van der Waals surface area contributed by atoms with Gasteiger partial charge in [-0.3, -0.25) is 9.78 Å². The van der Waals surface area contributed by atoms with E-state index >= 15 is 0 Å². The Bertz CT molecular complexity index is 1840. The molecule has 0 unspecified atom stereocenters. The summed E-state index contributed by atoms with van der Waals surface area (Å²) in [6.45, 7) is -1.47. The Morgan fingerprint density at radius 1 is 1.02 bits per heavy atom. The molecule has 4 aromatic heterocycles. The molecule has 0 saturated carbocycles. The highest BCUT2D eigenvalue weighted by atomic mass is 32.2. The van der Waals surface area contributed by atoms with Crippen molar-refractivity contribution in [3.8, 4) is 17.3 Å². The number of carbonyl (C=O) groups is 1. The lowest BCUT2D eigenvalue weighted by Crippen LogP contribution is -2.23. The Balaban J connectivity index is 1.33. The van der Waals surface area contributed by atoms with Crippen LogP contribution in [-0.2, 0) is 16.4 Å². The largest absolute Gasteiger partial charge is 0.468 e. The number of sulfone groups is 1. The predicted molar refractivity (Wildman–Crippen MR) is 135 cm³/mol. The molecule has 0 bridgehead atoms. The van der Waals surface area contributed by atoms with E-state index in [1.165, 1.54) is 30.3 Å². The number of ether oxygens (including phenoxy) is 1.